The van der Waals surface area contributed by atoms with E-state index in [1.54, 1.807) is 4.90 Å². The number of nitriles is 1. The molecule has 1 rings (SSSR count). The van der Waals surface area contributed by atoms with Crippen molar-refractivity contribution in [2.75, 3.05) is 11.4 Å². The van der Waals surface area contributed by atoms with Crippen LogP contribution in [0, 0.1) is 18.3 Å². The molecule has 0 aliphatic carbocycles. The highest BCUT2D eigenvalue weighted by atomic mass is 16.1. The molecule has 0 saturated heterocycles. The summed E-state index contributed by atoms with van der Waals surface area (Å²) in [5.74, 6) is 0. The molecule has 3 heteroatoms. The van der Waals surface area contributed by atoms with E-state index in [1.165, 1.54) is 0 Å². The Morgan fingerprint density at radius 1 is 1.50 bits per heavy atom. The molecule has 0 heterocycles. The number of aryl methyl sites for hydroxylation is 1. The molecule has 1 amide bonds. The zero-order valence-corrected chi connectivity index (χ0v) is 8.10. The van der Waals surface area contributed by atoms with E-state index in [1.807, 2.05) is 37.3 Å². The molecule has 0 atom stereocenters. The summed E-state index contributed by atoms with van der Waals surface area (Å²) >= 11 is 0. The first-order chi connectivity index (χ1) is 6.79. The lowest BCUT2D eigenvalue weighted by atomic mass is 10.2. The van der Waals surface area contributed by atoms with Gasteiger partial charge in [-0.1, -0.05) is 18.2 Å². The Labute approximate surface area is 83.6 Å². The Kier molecular flexibility index (Phi) is 3.69. The second kappa shape index (κ2) is 5.03. The predicted octanol–water partition coefficient (Wildman–Crippen LogP) is 1.87. The Balaban J connectivity index is 2.84. The number of hydrogen-bond donors (Lipinski definition) is 0. The van der Waals surface area contributed by atoms with E-state index < -0.39 is 0 Å². The van der Waals surface area contributed by atoms with Gasteiger partial charge in [0.1, 0.15) is 0 Å². The number of carbonyl (C=O) groups excluding carboxylic acids is 1. The van der Waals surface area contributed by atoms with Crippen molar-refractivity contribution in [1.82, 2.24) is 0 Å². The molecular weight excluding hydrogens is 176 g/mol. The molecule has 0 fully saturated rings. The summed E-state index contributed by atoms with van der Waals surface area (Å²) in [6, 6.07) is 9.64. The highest BCUT2D eigenvalue weighted by molar-refractivity contribution is 5.76. The summed E-state index contributed by atoms with van der Waals surface area (Å²) in [7, 11) is 0. The summed E-state index contributed by atoms with van der Waals surface area (Å²) in [6.07, 6.45) is 1.12. The van der Waals surface area contributed by atoms with Crippen LogP contribution in [0.3, 0.4) is 0 Å². The fourth-order valence-corrected chi connectivity index (χ4v) is 1.29. The zero-order valence-electron chi connectivity index (χ0n) is 8.10. The standard InChI is InChI=1S/C11H12N2O/c1-10-5-2-3-6-11(10)13(9-14)8-4-7-12/h2-3,5-6,9H,4,8H2,1H3. The van der Waals surface area contributed by atoms with Crippen molar-refractivity contribution in [1.29, 1.82) is 5.26 Å². The predicted molar refractivity (Wildman–Crippen MR) is 54.8 cm³/mol. The molecule has 14 heavy (non-hydrogen) atoms. The fraction of sp³-hybridized carbons (Fsp3) is 0.273. The molecule has 0 N–H and O–H groups in total. The number of anilines is 1. The van der Waals surface area contributed by atoms with Crippen molar-refractivity contribution < 1.29 is 4.79 Å². The van der Waals surface area contributed by atoms with Crippen molar-refractivity contribution in [2.45, 2.75) is 13.3 Å². The van der Waals surface area contributed by atoms with Crippen LogP contribution < -0.4 is 4.90 Å². The van der Waals surface area contributed by atoms with E-state index in [0.717, 1.165) is 17.7 Å². The first-order valence-electron chi connectivity index (χ1n) is 4.44. The molecule has 1 aromatic rings. The van der Waals surface area contributed by atoms with E-state index in [2.05, 4.69) is 0 Å². The third-order valence-electron chi connectivity index (χ3n) is 2.02. The lowest BCUT2D eigenvalue weighted by Gasteiger charge is -2.17. The van der Waals surface area contributed by atoms with Gasteiger partial charge in [-0.25, -0.2) is 0 Å². The minimum Gasteiger partial charge on any atom is -0.314 e. The summed E-state index contributed by atoms with van der Waals surface area (Å²) in [5, 5.41) is 8.43. The van der Waals surface area contributed by atoms with Crippen LogP contribution in [0.15, 0.2) is 24.3 Å². The first-order valence-corrected chi connectivity index (χ1v) is 4.44. The highest BCUT2D eigenvalue weighted by Crippen LogP contribution is 2.17. The van der Waals surface area contributed by atoms with E-state index in [0.29, 0.717) is 13.0 Å². The topological polar surface area (TPSA) is 44.1 Å². The van der Waals surface area contributed by atoms with E-state index in [9.17, 15) is 4.79 Å². The normalized spacial score (nSPS) is 9.14. The number of benzene rings is 1. The number of para-hydroxylation sites is 1. The van der Waals surface area contributed by atoms with Crippen molar-refractivity contribution in [2.24, 2.45) is 0 Å². The van der Waals surface area contributed by atoms with E-state index in [4.69, 9.17) is 5.26 Å². The lowest BCUT2D eigenvalue weighted by Crippen LogP contribution is -2.22. The molecule has 0 saturated carbocycles. The van der Waals surface area contributed by atoms with Crippen molar-refractivity contribution >= 4 is 12.1 Å². The van der Waals surface area contributed by atoms with Crippen LogP contribution in [-0.4, -0.2) is 13.0 Å². The van der Waals surface area contributed by atoms with Gasteiger partial charge in [-0.2, -0.15) is 5.26 Å². The summed E-state index contributed by atoms with van der Waals surface area (Å²) < 4.78 is 0. The van der Waals surface area contributed by atoms with Gasteiger partial charge in [-0.15, -0.1) is 0 Å². The number of nitrogens with zero attached hydrogens (tertiary/aromatic N) is 2. The molecule has 1 aromatic carbocycles. The second-order valence-corrected chi connectivity index (χ2v) is 2.99. The lowest BCUT2D eigenvalue weighted by molar-refractivity contribution is -0.107. The second-order valence-electron chi connectivity index (χ2n) is 2.99. The van der Waals surface area contributed by atoms with Gasteiger partial charge in [0.2, 0.25) is 6.41 Å². The van der Waals surface area contributed by atoms with Crippen LogP contribution in [-0.2, 0) is 4.79 Å². The molecule has 0 bridgehead atoms. The maximum Gasteiger partial charge on any atom is 0.214 e. The van der Waals surface area contributed by atoms with E-state index >= 15 is 0 Å². The van der Waals surface area contributed by atoms with Gasteiger partial charge in [-0.3, -0.25) is 4.79 Å². The van der Waals surface area contributed by atoms with Crippen molar-refractivity contribution in [3.05, 3.63) is 29.8 Å². The molecule has 0 aliphatic heterocycles. The van der Waals surface area contributed by atoms with Crippen molar-refractivity contribution in [3.63, 3.8) is 0 Å². The summed E-state index contributed by atoms with van der Waals surface area (Å²) in [6.45, 7) is 2.39. The third kappa shape index (κ3) is 2.33. The van der Waals surface area contributed by atoms with Crippen LogP contribution >= 0.6 is 0 Å². The monoisotopic (exact) mass is 188 g/mol. The fourth-order valence-electron chi connectivity index (χ4n) is 1.29. The van der Waals surface area contributed by atoms with Gasteiger partial charge in [0.05, 0.1) is 12.5 Å². The average Bonchev–Trinajstić information content (AvgIpc) is 2.21. The zero-order chi connectivity index (χ0) is 10.4. The highest BCUT2D eigenvalue weighted by Gasteiger charge is 2.06. The van der Waals surface area contributed by atoms with Crippen LogP contribution in [0.5, 0.6) is 0 Å². The molecule has 0 aliphatic rings. The Morgan fingerprint density at radius 3 is 2.79 bits per heavy atom. The van der Waals surface area contributed by atoms with Crippen LogP contribution in [0.1, 0.15) is 12.0 Å². The first kappa shape index (κ1) is 10.3. The molecule has 0 aromatic heterocycles. The number of rotatable bonds is 4. The van der Waals surface area contributed by atoms with Gasteiger partial charge < -0.3 is 4.90 Å². The Hall–Kier alpha value is -1.82. The third-order valence-corrected chi connectivity index (χ3v) is 2.02. The molecule has 72 valence electrons. The summed E-state index contributed by atoms with van der Waals surface area (Å²) in [5.41, 5.74) is 1.91. The molecule has 0 spiro atoms. The minimum atomic E-state index is 0.354. The van der Waals surface area contributed by atoms with Gasteiger partial charge in [0, 0.05) is 12.2 Å². The van der Waals surface area contributed by atoms with E-state index in [-0.39, 0.29) is 0 Å². The molecule has 0 radical (unpaired) electrons. The molecule has 3 nitrogen and oxygen atoms in total. The smallest absolute Gasteiger partial charge is 0.214 e. The van der Waals surface area contributed by atoms with Crippen LogP contribution in [0.2, 0.25) is 0 Å². The van der Waals surface area contributed by atoms with Crippen LogP contribution in [0.25, 0.3) is 0 Å². The number of amides is 1. The van der Waals surface area contributed by atoms with Gasteiger partial charge in [-0.05, 0) is 18.6 Å². The number of hydrogen-bond acceptors (Lipinski definition) is 2. The van der Waals surface area contributed by atoms with Gasteiger partial charge >= 0.3 is 0 Å². The largest absolute Gasteiger partial charge is 0.314 e. The maximum atomic E-state index is 10.8. The Morgan fingerprint density at radius 2 is 2.21 bits per heavy atom. The maximum absolute atomic E-state index is 10.8. The molecular formula is C11H12N2O. The number of carbonyl (C=O) groups is 1. The Bertz CT molecular complexity index is 355. The SMILES string of the molecule is Cc1ccccc1N(C=O)CCC#N. The van der Waals surface area contributed by atoms with Crippen LogP contribution in [0.4, 0.5) is 5.69 Å². The van der Waals surface area contributed by atoms with Gasteiger partial charge in [0.15, 0.2) is 0 Å². The molecule has 0 unspecified atom stereocenters. The minimum absolute atomic E-state index is 0.354. The average molecular weight is 188 g/mol. The quantitative estimate of drug-likeness (QED) is 0.677. The van der Waals surface area contributed by atoms with Crippen molar-refractivity contribution in [3.8, 4) is 6.07 Å². The van der Waals surface area contributed by atoms with Gasteiger partial charge in [0.25, 0.3) is 0 Å². The summed E-state index contributed by atoms with van der Waals surface area (Å²) in [4.78, 5) is 12.3.